The van der Waals surface area contributed by atoms with Gasteiger partial charge in [-0.1, -0.05) is 35.5 Å². The average Bonchev–Trinajstić information content (AvgIpc) is 3.62. The molecule has 0 radical (unpaired) electrons. The molecule has 9 heteroatoms. The molecule has 0 heterocycles. The van der Waals surface area contributed by atoms with E-state index in [4.69, 9.17) is 9.68 Å². The molecule has 1 amide bonds. The second-order valence-corrected chi connectivity index (χ2v) is 7.60. The van der Waals surface area contributed by atoms with Crippen LogP contribution in [0.4, 0.5) is 13.2 Å². The van der Waals surface area contributed by atoms with Gasteiger partial charge in [0.1, 0.15) is 7.11 Å². The third kappa shape index (κ3) is 5.66. The summed E-state index contributed by atoms with van der Waals surface area (Å²) in [6.07, 6.45) is -2.33. The number of likely N-dealkylation sites (N-methyl/N-ethyl adjacent to an activating group) is 1. The van der Waals surface area contributed by atoms with Crippen molar-refractivity contribution in [2.75, 3.05) is 14.2 Å². The molecule has 2 aromatic carbocycles. The molecular weight excluding hydrogens is 423 g/mol. The second kappa shape index (κ2) is 10.1. The van der Waals surface area contributed by atoms with Crippen molar-refractivity contribution in [1.29, 1.82) is 0 Å². The molecule has 0 spiro atoms. The zero-order valence-electron chi connectivity index (χ0n) is 18.1. The van der Waals surface area contributed by atoms with Gasteiger partial charge in [0, 0.05) is 12.6 Å². The van der Waals surface area contributed by atoms with Crippen LogP contribution in [0.2, 0.25) is 0 Å². The van der Waals surface area contributed by atoms with Crippen LogP contribution in [-0.4, -0.2) is 25.8 Å². The summed E-state index contributed by atoms with van der Waals surface area (Å²) >= 11 is 0. The van der Waals surface area contributed by atoms with E-state index in [0.717, 1.165) is 36.1 Å². The molecule has 1 atom stereocenters. The molecule has 2 aromatic rings. The van der Waals surface area contributed by atoms with Crippen LogP contribution in [0.15, 0.2) is 47.6 Å². The molecule has 2 N–H and O–H groups in total. The number of oxime groups is 1. The number of nitrogens with zero attached hydrogens (tertiary/aromatic N) is 1. The molecule has 0 aliphatic heterocycles. The summed E-state index contributed by atoms with van der Waals surface area (Å²) in [5.74, 6) is -0.0192. The molecule has 32 heavy (non-hydrogen) atoms. The maximum absolute atomic E-state index is 13.0. The van der Waals surface area contributed by atoms with Crippen molar-refractivity contribution in [1.82, 2.24) is 10.8 Å². The van der Waals surface area contributed by atoms with E-state index in [-0.39, 0.29) is 12.3 Å². The van der Waals surface area contributed by atoms with Gasteiger partial charge >= 0.3 is 6.18 Å². The Morgan fingerprint density at radius 3 is 2.56 bits per heavy atom. The molecule has 1 aliphatic rings. The highest BCUT2D eigenvalue weighted by Gasteiger charge is 2.31. The number of hydrogen-bond acceptors (Lipinski definition) is 5. The van der Waals surface area contributed by atoms with Crippen LogP contribution in [0, 0.1) is 0 Å². The van der Waals surface area contributed by atoms with Gasteiger partial charge in [0.2, 0.25) is 0 Å². The number of hydroxylamine groups is 1. The minimum absolute atomic E-state index is 0.102. The molecule has 3 rings (SSSR count). The highest BCUT2D eigenvalue weighted by molar-refractivity contribution is 6.45. The van der Waals surface area contributed by atoms with E-state index in [1.165, 1.54) is 20.2 Å². The Kier molecular flexibility index (Phi) is 7.52. The molecule has 0 aromatic heterocycles. The van der Waals surface area contributed by atoms with Crippen molar-refractivity contribution in [2.45, 2.75) is 44.5 Å². The Hall–Kier alpha value is -2.91. The van der Waals surface area contributed by atoms with E-state index in [1.807, 2.05) is 12.1 Å². The lowest BCUT2D eigenvalue weighted by molar-refractivity contribution is -0.137. The number of halogens is 3. The summed E-state index contributed by atoms with van der Waals surface area (Å²) < 4.78 is 39.0. The van der Waals surface area contributed by atoms with Crippen LogP contribution >= 0.6 is 0 Å². The van der Waals surface area contributed by atoms with E-state index in [2.05, 4.69) is 16.0 Å². The summed E-state index contributed by atoms with van der Waals surface area (Å²) in [5, 5.41) is 6.45. The molecule has 1 unspecified atom stereocenters. The SMILES string of the molecule is CNC(=O)/C(=N/OC)c1cccc(C2CC2)c1CONC(C)c1cccc(C(F)(F)F)c1. The third-order valence-corrected chi connectivity index (χ3v) is 5.30. The smallest absolute Gasteiger partial charge is 0.398 e. The maximum atomic E-state index is 13.0. The summed E-state index contributed by atoms with van der Waals surface area (Å²) in [5.41, 5.74) is 5.11. The Labute approximate surface area is 184 Å². The van der Waals surface area contributed by atoms with Crippen LogP contribution in [0.5, 0.6) is 0 Å². The fourth-order valence-electron chi connectivity index (χ4n) is 3.48. The Morgan fingerprint density at radius 2 is 1.94 bits per heavy atom. The summed E-state index contributed by atoms with van der Waals surface area (Å²) in [6.45, 7) is 1.82. The number of alkyl halides is 3. The standard InChI is InChI=1S/C23H26F3N3O3/c1-14(16-6-4-7-17(12-16)23(24,25)26)28-32-13-20-18(15-10-11-15)8-5-9-19(20)21(29-31-3)22(30)27-2/h4-9,12,14-15,28H,10-11,13H2,1-3H3,(H,27,30)/b29-21+. The normalized spacial score (nSPS) is 15.4. The van der Waals surface area contributed by atoms with Gasteiger partial charge in [0.25, 0.3) is 5.91 Å². The van der Waals surface area contributed by atoms with E-state index >= 15 is 0 Å². The predicted octanol–water partition coefficient (Wildman–Crippen LogP) is 4.46. The van der Waals surface area contributed by atoms with Gasteiger partial charge in [0.15, 0.2) is 5.71 Å². The Morgan fingerprint density at radius 1 is 1.22 bits per heavy atom. The third-order valence-electron chi connectivity index (χ3n) is 5.30. The predicted molar refractivity (Wildman–Crippen MR) is 114 cm³/mol. The molecule has 0 saturated heterocycles. The summed E-state index contributed by atoms with van der Waals surface area (Å²) in [6, 6.07) is 10.2. The lowest BCUT2D eigenvalue weighted by atomic mass is 9.95. The van der Waals surface area contributed by atoms with Crippen molar-refractivity contribution >= 4 is 11.6 Å². The Bertz CT molecular complexity index is 988. The highest BCUT2D eigenvalue weighted by atomic mass is 19.4. The minimum Gasteiger partial charge on any atom is -0.398 e. The minimum atomic E-state index is -4.41. The van der Waals surface area contributed by atoms with Gasteiger partial charge in [0.05, 0.1) is 18.2 Å². The Balaban J connectivity index is 1.80. The molecule has 6 nitrogen and oxygen atoms in total. The summed E-state index contributed by atoms with van der Waals surface area (Å²) in [4.78, 5) is 22.9. The molecule has 1 aliphatic carbocycles. The summed E-state index contributed by atoms with van der Waals surface area (Å²) in [7, 11) is 2.87. The molecule has 0 bridgehead atoms. The fraction of sp³-hybridized carbons (Fsp3) is 0.391. The zero-order chi connectivity index (χ0) is 23.3. The van der Waals surface area contributed by atoms with Crippen molar-refractivity contribution in [3.63, 3.8) is 0 Å². The lowest BCUT2D eigenvalue weighted by Gasteiger charge is -2.19. The van der Waals surface area contributed by atoms with E-state index in [9.17, 15) is 18.0 Å². The first kappa shape index (κ1) is 23.7. The first-order valence-corrected chi connectivity index (χ1v) is 10.3. The van der Waals surface area contributed by atoms with Crippen molar-refractivity contribution in [2.24, 2.45) is 5.16 Å². The van der Waals surface area contributed by atoms with Gasteiger partial charge in [-0.3, -0.25) is 9.63 Å². The monoisotopic (exact) mass is 449 g/mol. The van der Waals surface area contributed by atoms with Crippen LogP contribution in [0.1, 0.15) is 59.5 Å². The number of carbonyl (C=O) groups is 1. The van der Waals surface area contributed by atoms with Gasteiger partial charge in [-0.15, -0.1) is 0 Å². The van der Waals surface area contributed by atoms with E-state index < -0.39 is 23.7 Å². The topological polar surface area (TPSA) is 72.0 Å². The van der Waals surface area contributed by atoms with Crippen LogP contribution in [0.25, 0.3) is 0 Å². The van der Waals surface area contributed by atoms with Crippen molar-refractivity contribution in [3.05, 3.63) is 70.3 Å². The molecule has 172 valence electrons. The quantitative estimate of drug-likeness (QED) is 0.438. The number of benzene rings is 2. The number of carbonyl (C=O) groups excluding carboxylic acids is 1. The molecular formula is C23H26F3N3O3. The van der Waals surface area contributed by atoms with Gasteiger partial charge in [-0.05, 0) is 54.5 Å². The van der Waals surface area contributed by atoms with Gasteiger partial charge in [-0.2, -0.15) is 18.7 Å². The number of amides is 1. The number of rotatable bonds is 9. The van der Waals surface area contributed by atoms with Crippen LogP contribution in [-0.2, 0) is 27.3 Å². The van der Waals surface area contributed by atoms with Crippen molar-refractivity contribution < 1.29 is 27.6 Å². The van der Waals surface area contributed by atoms with E-state index in [1.54, 1.807) is 19.1 Å². The number of hydrogen-bond donors (Lipinski definition) is 2. The largest absolute Gasteiger partial charge is 0.416 e. The molecule has 1 saturated carbocycles. The first-order valence-electron chi connectivity index (χ1n) is 10.3. The average molecular weight is 449 g/mol. The van der Waals surface area contributed by atoms with Gasteiger partial charge in [-0.25, -0.2) is 0 Å². The maximum Gasteiger partial charge on any atom is 0.416 e. The van der Waals surface area contributed by atoms with Crippen molar-refractivity contribution in [3.8, 4) is 0 Å². The zero-order valence-corrected chi connectivity index (χ0v) is 18.1. The fourth-order valence-corrected chi connectivity index (χ4v) is 3.48. The first-order chi connectivity index (χ1) is 15.3. The second-order valence-electron chi connectivity index (χ2n) is 7.60. The van der Waals surface area contributed by atoms with Gasteiger partial charge < -0.3 is 10.2 Å². The highest BCUT2D eigenvalue weighted by Crippen LogP contribution is 2.42. The molecule has 1 fully saturated rings. The van der Waals surface area contributed by atoms with Crippen LogP contribution < -0.4 is 10.8 Å². The number of nitrogens with one attached hydrogen (secondary N) is 2. The van der Waals surface area contributed by atoms with E-state index in [0.29, 0.717) is 17.0 Å². The van der Waals surface area contributed by atoms with Crippen LogP contribution in [0.3, 0.4) is 0 Å². The lowest BCUT2D eigenvalue weighted by Crippen LogP contribution is -2.30.